The maximum atomic E-state index is 12.6. The van der Waals surface area contributed by atoms with Crippen molar-refractivity contribution in [2.75, 3.05) is 27.3 Å². The fourth-order valence-corrected chi connectivity index (χ4v) is 10.4. The van der Waals surface area contributed by atoms with Gasteiger partial charge in [-0.15, -0.1) is 0 Å². The van der Waals surface area contributed by atoms with E-state index in [9.17, 15) is 15.3 Å². The van der Waals surface area contributed by atoms with Gasteiger partial charge in [0.2, 0.25) is 0 Å². The highest BCUT2D eigenvalue weighted by Gasteiger charge is 2.88. The number of hydrogen-bond acceptors (Lipinski definition) is 6. The van der Waals surface area contributed by atoms with Crippen molar-refractivity contribution in [2.24, 2.45) is 34.5 Å². The number of fused-ring (bicyclic) bond motifs is 2. The van der Waals surface area contributed by atoms with Gasteiger partial charge < -0.3 is 24.8 Å². The molecule has 1 spiro atoms. The largest absolute Gasteiger partial charge is 0.392 e. The van der Waals surface area contributed by atoms with E-state index in [1.165, 1.54) is 0 Å². The highest BCUT2D eigenvalue weighted by atomic mass is 16.5. The molecule has 0 aromatic heterocycles. The van der Waals surface area contributed by atoms with Crippen molar-refractivity contribution in [3.05, 3.63) is 0 Å². The van der Waals surface area contributed by atoms with E-state index in [1.807, 2.05) is 0 Å². The summed E-state index contributed by atoms with van der Waals surface area (Å²) in [5.74, 6) is 0.353. The zero-order valence-electron chi connectivity index (χ0n) is 18.2. The molecule has 0 amide bonds. The van der Waals surface area contributed by atoms with Crippen LogP contribution >= 0.6 is 0 Å². The van der Waals surface area contributed by atoms with E-state index in [2.05, 4.69) is 18.7 Å². The molecule has 6 rings (SSSR count). The number of likely N-dealkylation sites (tertiary alicyclic amines) is 1. The van der Waals surface area contributed by atoms with Crippen LogP contribution in [-0.2, 0) is 9.47 Å². The Morgan fingerprint density at radius 1 is 1.17 bits per heavy atom. The lowest BCUT2D eigenvalue weighted by molar-refractivity contribution is -0.316. The lowest BCUT2D eigenvalue weighted by Crippen LogP contribution is -2.81. The molecule has 6 nitrogen and oxygen atoms in total. The third kappa shape index (κ3) is 1.74. The topological polar surface area (TPSA) is 82.4 Å². The Morgan fingerprint density at radius 3 is 2.59 bits per heavy atom. The molecule has 0 radical (unpaired) electrons. The second-order valence-corrected chi connectivity index (χ2v) is 11.4. The highest BCUT2D eigenvalue weighted by molar-refractivity contribution is 5.38. The molecule has 1 aliphatic heterocycles. The first kappa shape index (κ1) is 19.4. The van der Waals surface area contributed by atoms with E-state index in [4.69, 9.17) is 9.47 Å². The standard InChI is InChI=1S/C23H37NO5/c1-5-24-11-20(2)7-6-16(25)23-13-8-12-14(28-3)9-22(29-4,17(13)18(12)26)21(27,19(23)24)10-15(20)23/h12-19,25-27H,5-11H2,1-4H3. The van der Waals surface area contributed by atoms with Gasteiger partial charge >= 0.3 is 0 Å². The summed E-state index contributed by atoms with van der Waals surface area (Å²) in [7, 11) is 3.43. The van der Waals surface area contributed by atoms with Gasteiger partial charge in [0.15, 0.2) is 0 Å². The Kier molecular flexibility index (Phi) is 3.73. The zero-order chi connectivity index (χ0) is 20.6. The van der Waals surface area contributed by atoms with Crippen LogP contribution in [0.1, 0.15) is 46.0 Å². The Labute approximate surface area is 173 Å². The van der Waals surface area contributed by atoms with Gasteiger partial charge in [-0.25, -0.2) is 0 Å². The second kappa shape index (κ2) is 5.57. The van der Waals surface area contributed by atoms with Crippen molar-refractivity contribution in [2.45, 2.75) is 81.5 Å². The van der Waals surface area contributed by atoms with Gasteiger partial charge in [-0.05, 0) is 49.5 Å². The van der Waals surface area contributed by atoms with Crippen LogP contribution < -0.4 is 0 Å². The minimum atomic E-state index is -1.08. The summed E-state index contributed by atoms with van der Waals surface area (Å²) < 4.78 is 12.2. The lowest BCUT2D eigenvalue weighted by Gasteiger charge is -2.70. The first-order valence-electron chi connectivity index (χ1n) is 11.7. The smallest absolute Gasteiger partial charge is 0.110 e. The summed E-state index contributed by atoms with van der Waals surface area (Å²) >= 11 is 0. The number of likely N-dealkylation sites (N-methyl/N-ethyl adjacent to an activating group) is 1. The molecule has 12 atom stereocenters. The van der Waals surface area contributed by atoms with Crippen LogP contribution in [0.15, 0.2) is 0 Å². The zero-order valence-corrected chi connectivity index (χ0v) is 18.2. The van der Waals surface area contributed by atoms with Crippen LogP contribution in [0.3, 0.4) is 0 Å². The molecule has 5 aliphatic carbocycles. The van der Waals surface area contributed by atoms with Gasteiger partial charge in [0.05, 0.1) is 18.3 Å². The lowest BCUT2D eigenvalue weighted by atomic mass is 9.43. The minimum Gasteiger partial charge on any atom is -0.392 e. The number of nitrogens with zero attached hydrogens (tertiary/aromatic N) is 1. The normalized spacial score (nSPS) is 65.1. The van der Waals surface area contributed by atoms with E-state index < -0.39 is 23.4 Å². The van der Waals surface area contributed by atoms with Gasteiger partial charge in [0, 0.05) is 50.5 Å². The Bertz CT molecular complexity index is 734. The van der Waals surface area contributed by atoms with Crippen LogP contribution in [0, 0.1) is 34.5 Å². The Balaban J connectivity index is 1.65. The van der Waals surface area contributed by atoms with Crippen LogP contribution in [0.25, 0.3) is 0 Å². The molecule has 0 aromatic carbocycles. The van der Waals surface area contributed by atoms with Crippen molar-refractivity contribution in [3.63, 3.8) is 0 Å². The second-order valence-electron chi connectivity index (χ2n) is 11.4. The fourth-order valence-electron chi connectivity index (χ4n) is 10.4. The molecule has 0 aromatic rings. The van der Waals surface area contributed by atoms with Gasteiger partial charge in [0.1, 0.15) is 11.2 Å². The fraction of sp³-hybridized carbons (Fsp3) is 1.00. The summed E-state index contributed by atoms with van der Waals surface area (Å²) in [6.07, 6.45) is 2.87. The molecule has 6 aliphatic rings. The summed E-state index contributed by atoms with van der Waals surface area (Å²) in [6.45, 7) is 6.40. The average molecular weight is 408 g/mol. The van der Waals surface area contributed by atoms with Gasteiger partial charge in [-0.2, -0.15) is 0 Å². The predicted molar refractivity (Wildman–Crippen MR) is 106 cm³/mol. The van der Waals surface area contributed by atoms with Gasteiger partial charge in [-0.1, -0.05) is 13.8 Å². The third-order valence-electron chi connectivity index (χ3n) is 11.1. The minimum absolute atomic E-state index is 0.0618. The molecular formula is C23H37NO5. The molecule has 6 fully saturated rings. The molecule has 12 unspecified atom stereocenters. The molecule has 6 heteroatoms. The van der Waals surface area contributed by atoms with Crippen LogP contribution in [0.4, 0.5) is 0 Å². The molecule has 1 heterocycles. The molecular weight excluding hydrogens is 370 g/mol. The van der Waals surface area contributed by atoms with Crippen molar-refractivity contribution >= 4 is 0 Å². The van der Waals surface area contributed by atoms with Crippen molar-refractivity contribution < 1.29 is 24.8 Å². The first-order chi connectivity index (χ1) is 13.7. The third-order valence-corrected chi connectivity index (χ3v) is 11.1. The van der Waals surface area contributed by atoms with Crippen molar-refractivity contribution in [1.82, 2.24) is 4.90 Å². The van der Waals surface area contributed by atoms with E-state index in [-0.39, 0.29) is 46.6 Å². The number of aliphatic hydroxyl groups excluding tert-OH is 2. The number of methoxy groups -OCH3 is 2. The van der Waals surface area contributed by atoms with E-state index in [1.54, 1.807) is 14.2 Å². The van der Waals surface area contributed by atoms with Gasteiger partial charge in [-0.3, -0.25) is 4.90 Å². The SMILES string of the molecule is CCN1CC2(C)CCC(O)C34C5CC6C(OC)CC(OC)(C5C6O)C(O)(CC23)C14. The number of aliphatic hydroxyl groups is 3. The molecule has 29 heavy (non-hydrogen) atoms. The predicted octanol–water partition coefficient (Wildman–Crippen LogP) is 1.02. The number of hydrogen-bond donors (Lipinski definition) is 3. The van der Waals surface area contributed by atoms with Gasteiger partial charge in [0.25, 0.3) is 0 Å². The number of ether oxygens (including phenoxy) is 2. The molecule has 3 N–H and O–H groups in total. The summed E-state index contributed by atoms with van der Waals surface area (Å²) in [4.78, 5) is 2.46. The highest BCUT2D eigenvalue weighted by Crippen LogP contribution is 2.80. The summed E-state index contributed by atoms with van der Waals surface area (Å²) in [5, 5.41) is 35.8. The number of piperidine rings is 1. The monoisotopic (exact) mass is 407 g/mol. The first-order valence-corrected chi connectivity index (χ1v) is 11.7. The average Bonchev–Trinajstić information content (AvgIpc) is 3.07. The Morgan fingerprint density at radius 2 is 1.93 bits per heavy atom. The van der Waals surface area contributed by atoms with Crippen LogP contribution in [-0.4, -0.2) is 83.1 Å². The molecule has 7 bridgehead atoms. The van der Waals surface area contributed by atoms with E-state index in [0.717, 1.165) is 32.4 Å². The molecule has 164 valence electrons. The molecule has 1 saturated heterocycles. The summed E-state index contributed by atoms with van der Waals surface area (Å²) in [5.41, 5.74) is -2.18. The maximum Gasteiger partial charge on any atom is 0.110 e. The molecule has 5 saturated carbocycles. The number of rotatable bonds is 3. The van der Waals surface area contributed by atoms with E-state index >= 15 is 0 Å². The van der Waals surface area contributed by atoms with Crippen LogP contribution in [0.2, 0.25) is 0 Å². The van der Waals surface area contributed by atoms with Crippen LogP contribution in [0.5, 0.6) is 0 Å². The van der Waals surface area contributed by atoms with Crippen molar-refractivity contribution in [3.8, 4) is 0 Å². The summed E-state index contributed by atoms with van der Waals surface area (Å²) in [6, 6.07) is -0.115. The van der Waals surface area contributed by atoms with Crippen molar-refractivity contribution in [1.29, 1.82) is 0 Å². The Hall–Kier alpha value is -0.240. The maximum absolute atomic E-state index is 12.6. The quantitative estimate of drug-likeness (QED) is 0.648. The van der Waals surface area contributed by atoms with E-state index in [0.29, 0.717) is 12.8 Å².